The van der Waals surface area contributed by atoms with Gasteiger partial charge in [0.1, 0.15) is 5.03 Å². The molecule has 3 N–H and O–H groups in total. The number of aromatic amines is 1. The Morgan fingerprint density at radius 2 is 2.16 bits per heavy atom. The lowest BCUT2D eigenvalue weighted by atomic mass is 10.1. The van der Waals surface area contributed by atoms with Crippen LogP contribution in [0.1, 0.15) is 32.4 Å². The van der Waals surface area contributed by atoms with Crippen LogP contribution in [0.2, 0.25) is 0 Å². The molecule has 2 aromatic heterocycles. The molecule has 0 bridgehead atoms. The van der Waals surface area contributed by atoms with Gasteiger partial charge >= 0.3 is 5.69 Å². The molecule has 2 rings (SSSR count). The smallest absolute Gasteiger partial charge is 0.343 e. The van der Waals surface area contributed by atoms with E-state index in [1.807, 2.05) is 27.8 Å². The fourth-order valence-corrected chi connectivity index (χ4v) is 2.81. The zero-order valence-electron chi connectivity index (χ0n) is 11.5. The maximum Gasteiger partial charge on any atom is 0.343 e. The van der Waals surface area contributed by atoms with Crippen molar-refractivity contribution in [1.29, 1.82) is 0 Å². The molecule has 7 nitrogen and oxygen atoms in total. The van der Waals surface area contributed by atoms with Crippen LogP contribution < -0.4 is 11.4 Å². The van der Waals surface area contributed by atoms with E-state index in [2.05, 4.69) is 15.3 Å². The minimum atomic E-state index is -0.213. The Labute approximate surface area is 115 Å². The summed E-state index contributed by atoms with van der Waals surface area (Å²) in [7, 11) is 1.84. The monoisotopic (exact) mass is 282 g/mol. The zero-order valence-corrected chi connectivity index (χ0v) is 12.3. The lowest BCUT2D eigenvalue weighted by Gasteiger charge is -2.04. The summed E-state index contributed by atoms with van der Waals surface area (Å²) in [6.45, 7) is 6.55. The molecular formula is C11H18N6OS. The van der Waals surface area contributed by atoms with Crippen molar-refractivity contribution in [3.8, 4) is 0 Å². The third-order valence-electron chi connectivity index (χ3n) is 2.83. The number of H-pyrrole nitrogens is 1. The second-order valence-corrected chi connectivity index (χ2v) is 5.50. The SMILES string of the molecule is CCn1c(Sc2c(N)c(C(C)C)nn2C)n[nH]c1=O. The lowest BCUT2D eigenvalue weighted by Crippen LogP contribution is -2.16. The quantitative estimate of drug-likeness (QED) is 0.878. The Kier molecular flexibility index (Phi) is 3.70. The van der Waals surface area contributed by atoms with Crippen molar-refractivity contribution in [2.24, 2.45) is 7.05 Å². The molecule has 0 fully saturated rings. The molecule has 8 heteroatoms. The first-order valence-electron chi connectivity index (χ1n) is 6.11. The van der Waals surface area contributed by atoms with E-state index in [-0.39, 0.29) is 11.6 Å². The summed E-state index contributed by atoms with van der Waals surface area (Å²) in [4.78, 5) is 11.5. The van der Waals surface area contributed by atoms with Crippen LogP contribution in [0.15, 0.2) is 15.0 Å². The molecule has 0 amide bonds. The molecule has 0 atom stereocenters. The fourth-order valence-electron chi connectivity index (χ4n) is 1.84. The summed E-state index contributed by atoms with van der Waals surface area (Å²) in [5.74, 6) is 0.258. The van der Waals surface area contributed by atoms with E-state index >= 15 is 0 Å². The average molecular weight is 282 g/mol. The molecule has 2 heterocycles. The number of nitrogens with one attached hydrogen (secondary N) is 1. The number of hydrogen-bond acceptors (Lipinski definition) is 5. The van der Waals surface area contributed by atoms with Crippen molar-refractivity contribution < 1.29 is 0 Å². The van der Waals surface area contributed by atoms with Crippen LogP contribution in [-0.2, 0) is 13.6 Å². The van der Waals surface area contributed by atoms with Crippen LogP contribution in [0.3, 0.4) is 0 Å². The number of aromatic nitrogens is 5. The van der Waals surface area contributed by atoms with Gasteiger partial charge in [-0.05, 0) is 24.6 Å². The topological polar surface area (TPSA) is 94.5 Å². The Bertz CT molecular complexity index is 638. The normalized spacial score (nSPS) is 11.4. The van der Waals surface area contributed by atoms with Crippen molar-refractivity contribution in [3.05, 3.63) is 16.2 Å². The highest BCUT2D eigenvalue weighted by atomic mass is 32.2. The third-order valence-corrected chi connectivity index (χ3v) is 4.00. The maximum absolute atomic E-state index is 11.5. The molecule has 0 aliphatic carbocycles. The summed E-state index contributed by atoms with van der Waals surface area (Å²) in [5, 5.41) is 12.3. The first kappa shape index (κ1) is 13.7. The molecule has 19 heavy (non-hydrogen) atoms. The van der Waals surface area contributed by atoms with Crippen molar-refractivity contribution in [1.82, 2.24) is 24.5 Å². The van der Waals surface area contributed by atoms with E-state index in [0.717, 1.165) is 10.7 Å². The highest BCUT2D eigenvalue weighted by molar-refractivity contribution is 7.99. The fraction of sp³-hybridized carbons (Fsp3) is 0.545. The van der Waals surface area contributed by atoms with Gasteiger partial charge in [0.2, 0.25) is 0 Å². The molecular weight excluding hydrogens is 264 g/mol. The molecule has 0 aliphatic heterocycles. The average Bonchev–Trinajstić information content (AvgIpc) is 2.84. The highest BCUT2D eigenvalue weighted by Crippen LogP contribution is 2.34. The van der Waals surface area contributed by atoms with Crippen molar-refractivity contribution in [3.63, 3.8) is 0 Å². The molecule has 0 saturated carbocycles. The van der Waals surface area contributed by atoms with Gasteiger partial charge in [0.05, 0.1) is 11.4 Å². The number of aryl methyl sites for hydroxylation is 1. The lowest BCUT2D eigenvalue weighted by molar-refractivity contribution is 0.650. The molecule has 0 aliphatic rings. The Morgan fingerprint density at radius 1 is 1.47 bits per heavy atom. The van der Waals surface area contributed by atoms with Gasteiger partial charge in [-0.1, -0.05) is 13.8 Å². The van der Waals surface area contributed by atoms with Crippen molar-refractivity contribution >= 4 is 17.4 Å². The van der Waals surface area contributed by atoms with Gasteiger partial charge < -0.3 is 5.73 Å². The minimum Gasteiger partial charge on any atom is -0.395 e. The summed E-state index contributed by atoms with van der Waals surface area (Å²) < 4.78 is 3.29. The van der Waals surface area contributed by atoms with E-state index in [4.69, 9.17) is 5.73 Å². The van der Waals surface area contributed by atoms with Crippen LogP contribution in [0.5, 0.6) is 0 Å². The molecule has 104 valence electrons. The molecule has 0 unspecified atom stereocenters. The third kappa shape index (κ3) is 2.40. The van der Waals surface area contributed by atoms with E-state index in [1.165, 1.54) is 11.8 Å². The predicted molar refractivity (Wildman–Crippen MR) is 74.4 cm³/mol. The Hall–Kier alpha value is -1.70. The van der Waals surface area contributed by atoms with Gasteiger partial charge in [0, 0.05) is 13.6 Å². The van der Waals surface area contributed by atoms with Gasteiger partial charge in [-0.25, -0.2) is 9.89 Å². The van der Waals surface area contributed by atoms with E-state index < -0.39 is 0 Å². The van der Waals surface area contributed by atoms with E-state index in [1.54, 1.807) is 9.25 Å². The molecule has 0 aromatic carbocycles. The summed E-state index contributed by atoms with van der Waals surface area (Å²) >= 11 is 1.35. The van der Waals surface area contributed by atoms with Crippen LogP contribution in [0, 0.1) is 0 Å². The second-order valence-electron chi connectivity index (χ2n) is 4.54. The Morgan fingerprint density at radius 3 is 2.68 bits per heavy atom. The maximum atomic E-state index is 11.5. The zero-order chi connectivity index (χ0) is 14.2. The van der Waals surface area contributed by atoms with Crippen LogP contribution >= 0.6 is 11.8 Å². The van der Waals surface area contributed by atoms with E-state index in [9.17, 15) is 4.79 Å². The molecule has 2 aromatic rings. The summed E-state index contributed by atoms with van der Waals surface area (Å²) in [6.07, 6.45) is 0. The van der Waals surface area contributed by atoms with Gasteiger partial charge in [0.15, 0.2) is 5.16 Å². The van der Waals surface area contributed by atoms with Crippen molar-refractivity contribution in [2.45, 2.75) is 43.4 Å². The van der Waals surface area contributed by atoms with Crippen LogP contribution in [-0.4, -0.2) is 24.5 Å². The number of rotatable bonds is 4. The van der Waals surface area contributed by atoms with Crippen molar-refractivity contribution in [2.75, 3.05) is 5.73 Å². The van der Waals surface area contributed by atoms with Crippen LogP contribution in [0.25, 0.3) is 0 Å². The van der Waals surface area contributed by atoms with Gasteiger partial charge in [-0.3, -0.25) is 9.25 Å². The number of nitrogens with zero attached hydrogens (tertiary/aromatic N) is 4. The standard InChI is InChI=1S/C11H18N6OS/c1-5-17-10(18)13-14-11(17)19-9-7(12)8(6(2)3)15-16(9)4/h6H,5,12H2,1-4H3,(H,13,18). The molecule has 0 radical (unpaired) electrons. The number of anilines is 1. The first-order valence-corrected chi connectivity index (χ1v) is 6.92. The van der Waals surface area contributed by atoms with Crippen LogP contribution in [0.4, 0.5) is 5.69 Å². The first-order chi connectivity index (χ1) is 8.95. The number of nitrogen functional groups attached to an aromatic ring is 1. The largest absolute Gasteiger partial charge is 0.395 e. The van der Waals surface area contributed by atoms with Gasteiger partial charge in [-0.15, -0.1) is 5.10 Å². The highest BCUT2D eigenvalue weighted by Gasteiger charge is 2.19. The predicted octanol–water partition coefficient (Wildman–Crippen LogP) is 1.18. The second kappa shape index (κ2) is 5.12. The Balaban J connectivity index is 2.41. The van der Waals surface area contributed by atoms with Gasteiger partial charge in [0.25, 0.3) is 0 Å². The minimum absolute atomic E-state index is 0.213. The number of hydrogen-bond donors (Lipinski definition) is 2. The van der Waals surface area contributed by atoms with E-state index in [0.29, 0.717) is 17.4 Å². The number of nitrogens with two attached hydrogens (primary N) is 1. The summed E-state index contributed by atoms with van der Waals surface area (Å²) in [5.41, 5.74) is 7.43. The molecule has 0 saturated heterocycles. The molecule has 0 spiro atoms. The summed E-state index contributed by atoms with van der Waals surface area (Å²) in [6, 6.07) is 0. The van der Waals surface area contributed by atoms with Gasteiger partial charge in [-0.2, -0.15) is 5.10 Å².